The largest absolute Gasteiger partial charge is 0.504 e. The smallest absolute Gasteiger partial charge is 0.173 e. The van der Waals surface area contributed by atoms with Gasteiger partial charge >= 0.3 is 0 Å². The molecule has 2 N–H and O–H groups in total. The van der Waals surface area contributed by atoms with Gasteiger partial charge in [-0.05, 0) is 30.3 Å². The van der Waals surface area contributed by atoms with Gasteiger partial charge in [-0.15, -0.1) is 0 Å². The fourth-order valence-corrected chi connectivity index (χ4v) is 2.67. The molecule has 6 heteroatoms. The molecule has 3 rings (SSSR count). The first-order chi connectivity index (χ1) is 10.6. The Kier molecular flexibility index (Phi) is 3.93. The highest BCUT2D eigenvalue weighted by Crippen LogP contribution is 2.26. The number of phenolic OH excluding ortho intramolecular Hbond substituents is 2. The topological polar surface area (TPSA) is 83.3 Å². The van der Waals surface area contributed by atoms with Crippen molar-refractivity contribution < 1.29 is 15.0 Å². The molecule has 110 valence electrons. The van der Waals surface area contributed by atoms with Gasteiger partial charge in [-0.25, -0.2) is 4.98 Å². The number of aromatic nitrogens is 2. The standard InChI is InChI=1S/C16H12N2O3S/c19-13-6-5-10(7-14(13)20)15(21)9-22-16-8-17-11-3-1-2-4-12(11)18-16/h1-8,19-20H,9H2. The summed E-state index contributed by atoms with van der Waals surface area (Å²) in [6.07, 6.45) is 1.63. The van der Waals surface area contributed by atoms with Crippen LogP contribution in [0.3, 0.4) is 0 Å². The first-order valence-electron chi connectivity index (χ1n) is 6.53. The molecule has 1 aromatic heterocycles. The summed E-state index contributed by atoms with van der Waals surface area (Å²) in [7, 11) is 0. The van der Waals surface area contributed by atoms with Crippen molar-refractivity contribution in [3.63, 3.8) is 0 Å². The van der Waals surface area contributed by atoms with Gasteiger partial charge in [-0.1, -0.05) is 23.9 Å². The van der Waals surface area contributed by atoms with Crippen LogP contribution < -0.4 is 0 Å². The molecular formula is C16H12N2O3S. The van der Waals surface area contributed by atoms with E-state index in [0.29, 0.717) is 10.6 Å². The van der Waals surface area contributed by atoms with E-state index < -0.39 is 0 Å². The number of carbonyl (C=O) groups excluding carboxylic acids is 1. The molecule has 1 heterocycles. The van der Waals surface area contributed by atoms with Gasteiger partial charge in [-0.2, -0.15) is 0 Å². The molecule has 0 spiro atoms. The van der Waals surface area contributed by atoms with Crippen molar-refractivity contribution >= 4 is 28.6 Å². The number of fused-ring (bicyclic) bond motifs is 1. The Bertz CT molecular complexity index is 852. The minimum Gasteiger partial charge on any atom is -0.504 e. The number of para-hydroxylation sites is 2. The lowest BCUT2D eigenvalue weighted by Crippen LogP contribution is -2.02. The molecule has 3 aromatic rings. The number of benzene rings is 2. The zero-order valence-corrected chi connectivity index (χ0v) is 12.2. The maximum absolute atomic E-state index is 12.1. The molecule has 0 aliphatic rings. The highest BCUT2D eigenvalue weighted by Gasteiger charge is 2.10. The maximum Gasteiger partial charge on any atom is 0.173 e. The SMILES string of the molecule is O=C(CSc1cnc2ccccc2n1)c1ccc(O)c(O)c1. The Morgan fingerprint density at radius 3 is 2.59 bits per heavy atom. The van der Waals surface area contributed by atoms with Crippen LogP contribution in [0.1, 0.15) is 10.4 Å². The van der Waals surface area contributed by atoms with E-state index in [2.05, 4.69) is 9.97 Å². The predicted molar refractivity (Wildman–Crippen MR) is 84.4 cm³/mol. The summed E-state index contributed by atoms with van der Waals surface area (Å²) in [4.78, 5) is 20.8. The molecule has 0 amide bonds. The van der Waals surface area contributed by atoms with Crippen LogP contribution in [-0.2, 0) is 0 Å². The van der Waals surface area contributed by atoms with Crippen LogP contribution in [0.15, 0.2) is 53.7 Å². The lowest BCUT2D eigenvalue weighted by molar-refractivity contribution is 0.102. The van der Waals surface area contributed by atoms with E-state index in [0.717, 1.165) is 11.0 Å². The summed E-state index contributed by atoms with van der Waals surface area (Å²) >= 11 is 1.28. The van der Waals surface area contributed by atoms with Crippen molar-refractivity contribution in [2.75, 3.05) is 5.75 Å². The highest BCUT2D eigenvalue weighted by molar-refractivity contribution is 7.99. The summed E-state index contributed by atoms with van der Waals surface area (Å²) in [5.41, 5.74) is 1.93. The van der Waals surface area contributed by atoms with E-state index in [-0.39, 0.29) is 23.0 Å². The van der Waals surface area contributed by atoms with Crippen molar-refractivity contribution in [3.8, 4) is 11.5 Å². The van der Waals surface area contributed by atoms with E-state index >= 15 is 0 Å². The van der Waals surface area contributed by atoms with E-state index in [1.165, 1.54) is 30.0 Å². The fourth-order valence-electron chi connectivity index (χ4n) is 1.93. The monoisotopic (exact) mass is 312 g/mol. The molecule has 2 aromatic carbocycles. The lowest BCUT2D eigenvalue weighted by Gasteiger charge is -2.04. The lowest BCUT2D eigenvalue weighted by atomic mass is 10.1. The Morgan fingerprint density at radius 2 is 1.82 bits per heavy atom. The van der Waals surface area contributed by atoms with Gasteiger partial charge < -0.3 is 10.2 Å². The second-order valence-electron chi connectivity index (χ2n) is 4.61. The number of ketones is 1. The summed E-state index contributed by atoms with van der Waals surface area (Å²) in [5.74, 6) is -0.529. The van der Waals surface area contributed by atoms with Gasteiger partial charge in [0, 0.05) is 5.56 Å². The predicted octanol–water partition coefficient (Wildman–Crippen LogP) is 3.02. The molecule has 5 nitrogen and oxygen atoms in total. The third-order valence-corrected chi connectivity index (χ3v) is 3.97. The van der Waals surface area contributed by atoms with Gasteiger partial charge in [0.15, 0.2) is 17.3 Å². The second-order valence-corrected chi connectivity index (χ2v) is 5.61. The molecular weight excluding hydrogens is 300 g/mol. The van der Waals surface area contributed by atoms with Gasteiger partial charge in [0.2, 0.25) is 0 Å². The van der Waals surface area contributed by atoms with Crippen LogP contribution in [0.2, 0.25) is 0 Å². The zero-order chi connectivity index (χ0) is 15.5. The summed E-state index contributed by atoms with van der Waals surface area (Å²) in [6.45, 7) is 0. The second kappa shape index (κ2) is 6.03. The first-order valence-corrected chi connectivity index (χ1v) is 7.52. The Balaban J connectivity index is 1.72. The maximum atomic E-state index is 12.1. The van der Waals surface area contributed by atoms with E-state index in [1.807, 2.05) is 24.3 Å². The van der Waals surface area contributed by atoms with E-state index in [4.69, 9.17) is 0 Å². The number of hydrogen-bond donors (Lipinski definition) is 2. The normalized spacial score (nSPS) is 10.7. The first kappa shape index (κ1) is 14.3. The molecule has 0 aliphatic carbocycles. The van der Waals surface area contributed by atoms with Crippen molar-refractivity contribution in [2.45, 2.75) is 5.03 Å². The van der Waals surface area contributed by atoms with Crippen LogP contribution in [0.5, 0.6) is 11.5 Å². The van der Waals surface area contributed by atoms with Crippen molar-refractivity contribution in [1.29, 1.82) is 0 Å². The van der Waals surface area contributed by atoms with Gasteiger partial charge in [0.1, 0.15) is 5.03 Å². The third-order valence-electron chi connectivity index (χ3n) is 3.07. The third kappa shape index (κ3) is 3.01. The minimum atomic E-state index is -0.304. The number of Topliss-reactive ketones (excluding diaryl/α,β-unsaturated/α-hetero) is 1. The minimum absolute atomic E-state index is 0.157. The highest BCUT2D eigenvalue weighted by atomic mass is 32.2. The number of phenols is 2. The van der Waals surface area contributed by atoms with Gasteiger partial charge in [0.05, 0.1) is 23.0 Å². The average molecular weight is 312 g/mol. The quantitative estimate of drug-likeness (QED) is 0.438. The zero-order valence-electron chi connectivity index (χ0n) is 11.4. The van der Waals surface area contributed by atoms with E-state index in [9.17, 15) is 15.0 Å². The molecule has 22 heavy (non-hydrogen) atoms. The summed E-state index contributed by atoms with van der Waals surface area (Å²) < 4.78 is 0. The van der Waals surface area contributed by atoms with Crippen LogP contribution in [0.25, 0.3) is 11.0 Å². The van der Waals surface area contributed by atoms with Crippen molar-refractivity contribution in [3.05, 3.63) is 54.2 Å². The summed E-state index contributed by atoms with van der Waals surface area (Å²) in [5, 5.41) is 19.3. The number of carbonyl (C=O) groups is 1. The molecule has 0 saturated carbocycles. The average Bonchev–Trinajstić information content (AvgIpc) is 2.55. The number of nitrogens with zero attached hydrogens (tertiary/aromatic N) is 2. The Labute approximate surface area is 130 Å². The number of rotatable bonds is 4. The molecule has 0 aliphatic heterocycles. The number of aromatic hydroxyl groups is 2. The molecule has 0 saturated heterocycles. The molecule has 0 atom stereocenters. The van der Waals surface area contributed by atoms with Crippen LogP contribution >= 0.6 is 11.8 Å². The fraction of sp³-hybridized carbons (Fsp3) is 0.0625. The molecule has 0 radical (unpaired) electrons. The number of thioether (sulfide) groups is 1. The van der Waals surface area contributed by atoms with Crippen LogP contribution in [0, 0.1) is 0 Å². The van der Waals surface area contributed by atoms with Crippen LogP contribution in [-0.4, -0.2) is 31.7 Å². The van der Waals surface area contributed by atoms with Gasteiger partial charge in [-0.3, -0.25) is 9.78 Å². The molecule has 0 fully saturated rings. The van der Waals surface area contributed by atoms with Crippen molar-refractivity contribution in [2.24, 2.45) is 0 Å². The molecule has 0 unspecified atom stereocenters. The Hall–Kier alpha value is -2.60. The summed E-state index contributed by atoms with van der Waals surface area (Å²) in [6, 6.07) is 11.5. The van der Waals surface area contributed by atoms with Crippen molar-refractivity contribution in [1.82, 2.24) is 9.97 Å². The van der Waals surface area contributed by atoms with Gasteiger partial charge in [0.25, 0.3) is 0 Å². The number of hydrogen-bond acceptors (Lipinski definition) is 6. The van der Waals surface area contributed by atoms with Crippen LogP contribution in [0.4, 0.5) is 0 Å². The molecule has 0 bridgehead atoms. The van der Waals surface area contributed by atoms with E-state index in [1.54, 1.807) is 6.20 Å². The Morgan fingerprint density at radius 1 is 1.05 bits per heavy atom.